The minimum atomic E-state index is -5.17. The lowest BCUT2D eigenvalue weighted by Crippen LogP contribution is -2.54. The zero-order chi connectivity index (χ0) is 52.1. The summed E-state index contributed by atoms with van der Waals surface area (Å²) in [4.78, 5) is 86.7. The number of ether oxygens (including phenoxy) is 2. The lowest BCUT2D eigenvalue weighted by atomic mass is 9.83. The van der Waals surface area contributed by atoms with Crippen molar-refractivity contribution in [3.05, 3.63) is 60.2 Å². The Morgan fingerprint density at radius 2 is 1.43 bits per heavy atom. The van der Waals surface area contributed by atoms with Gasteiger partial charge in [0.05, 0.1) is 41.6 Å². The Hall–Kier alpha value is -4.72. The van der Waals surface area contributed by atoms with Crippen molar-refractivity contribution < 1.29 is 59.8 Å². The molecule has 0 aliphatic carbocycles. The van der Waals surface area contributed by atoms with Crippen molar-refractivity contribution >= 4 is 50.9 Å². The molecule has 2 aromatic carbocycles. The van der Waals surface area contributed by atoms with Crippen molar-refractivity contribution in [1.29, 1.82) is 0 Å². The Morgan fingerprint density at radius 1 is 0.826 bits per heavy atom. The zero-order valence-electron chi connectivity index (χ0n) is 42.2. The third-order valence-electron chi connectivity index (χ3n) is 13.5. The summed E-state index contributed by atoms with van der Waals surface area (Å²) in [5, 5.41) is 1.63. The number of likely N-dealkylation sites (N-methyl/N-ethyl adjacent to an activating group) is 2. The number of halogens is 3. The van der Waals surface area contributed by atoms with Gasteiger partial charge in [0.25, 0.3) is 10.0 Å². The highest BCUT2D eigenvalue weighted by atomic mass is 32.2. The summed E-state index contributed by atoms with van der Waals surface area (Å²) in [6.07, 6.45) is -5.36. The maximum atomic E-state index is 14.4. The van der Waals surface area contributed by atoms with Gasteiger partial charge in [-0.3, -0.25) is 33.7 Å². The van der Waals surface area contributed by atoms with E-state index in [1.165, 1.54) is 14.2 Å². The van der Waals surface area contributed by atoms with E-state index in [1.807, 2.05) is 65.3 Å². The van der Waals surface area contributed by atoms with Gasteiger partial charge in [-0.15, -0.1) is 0 Å². The second-order valence-electron chi connectivity index (χ2n) is 19.3. The second-order valence-corrected chi connectivity index (χ2v) is 20.9. The average molecular weight is 994 g/mol. The van der Waals surface area contributed by atoms with Crippen LogP contribution in [0.1, 0.15) is 92.6 Å². The Bertz CT molecular complexity index is 2150. The number of methoxy groups -OCH3 is 2. The van der Waals surface area contributed by atoms with Crippen LogP contribution in [-0.4, -0.2) is 137 Å². The molecule has 1 saturated heterocycles. The summed E-state index contributed by atoms with van der Waals surface area (Å²) < 4.78 is 79.0. The molecule has 0 aromatic heterocycles. The topological polar surface area (TPSA) is 189 Å². The lowest BCUT2D eigenvalue weighted by Gasteiger charge is -2.41. The molecule has 386 valence electrons. The van der Waals surface area contributed by atoms with Crippen LogP contribution in [0.25, 0.3) is 0 Å². The molecule has 0 spiro atoms. The van der Waals surface area contributed by atoms with Gasteiger partial charge in [-0.2, -0.15) is 13.2 Å². The maximum absolute atomic E-state index is 14.4. The fraction of sp³-hybridized carbons (Fsp3) is 0.640. The number of anilines is 1. The van der Waals surface area contributed by atoms with Crippen LogP contribution in [0.15, 0.2) is 59.5 Å². The molecule has 1 heterocycles. The Morgan fingerprint density at radius 3 is 1.94 bits per heavy atom. The van der Waals surface area contributed by atoms with E-state index in [4.69, 9.17) is 9.47 Å². The number of rotatable bonds is 26. The first-order valence-electron chi connectivity index (χ1n) is 23.6. The number of nitrogens with zero attached hydrogens (tertiary/aromatic N) is 3. The first-order valence-corrected chi connectivity index (χ1v) is 25.1. The number of carbonyl (C=O) groups excluding carboxylic acids is 6. The summed E-state index contributed by atoms with van der Waals surface area (Å²) in [7, 11) is 3.76. The predicted molar refractivity (Wildman–Crippen MR) is 256 cm³/mol. The van der Waals surface area contributed by atoms with Crippen LogP contribution in [-0.2, 0) is 54.7 Å². The van der Waals surface area contributed by atoms with Crippen LogP contribution in [0, 0.1) is 35.5 Å². The van der Waals surface area contributed by atoms with Gasteiger partial charge < -0.3 is 24.6 Å². The van der Waals surface area contributed by atoms with Gasteiger partial charge in [0.2, 0.25) is 17.7 Å². The summed E-state index contributed by atoms with van der Waals surface area (Å²) >= 11 is 0. The van der Waals surface area contributed by atoms with Crippen molar-refractivity contribution in [3.63, 3.8) is 0 Å². The molecule has 69 heavy (non-hydrogen) atoms. The van der Waals surface area contributed by atoms with E-state index in [-0.39, 0.29) is 66.3 Å². The van der Waals surface area contributed by atoms with Gasteiger partial charge in [-0.05, 0) is 80.9 Å². The summed E-state index contributed by atoms with van der Waals surface area (Å²) in [6.45, 7) is 13.8. The number of ketones is 2. The first kappa shape index (κ1) is 58.6. The van der Waals surface area contributed by atoms with Gasteiger partial charge >= 0.3 is 12.1 Å². The summed E-state index contributed by atoms with van der Waals surface area (Å²) in [6, 6.07) is 11.0. The van der Waals surface area contributed by atoms with E-state index >= 15 is 0 Å². The van der Waals surface area contributed by atoms with Gasteiger partial charge in [-0.25, -0.2) is 13.1 Å². The number of sulfonamides is 1. The molecular weight excluding hydrogens is 920 g/mol. The molecule has 0 saturated carbocycles. The predicted octanol–water partition coefficient (Wildman–Crippen LogP) is 6.55. The molecule has 15 nitrogen and oxygen atoms in total. The molecule has 3 rings (SSSR count). The van der Waals surface area contributed by atoms with E-state index in [1.54, 1.807) is 59.4 Å². The number of likely N-dealkylation sites (tertiary alicyclic amines) is 1. The highest BCUT2D eigenvalue weighted by Gasteiger charge is 2.44. The van der Waals surface area contributed by atoms with Crippen LogP contribution >= 0.6 is 0 Å². The molecule has 2 aromatic rings. The number of Topliss-reactive ketones (excluding diaryl/α,β-unsaturated/α-hetero) is 2. The van der Waals surface area contributed by atoms with E-state index < -0.39 is 87.2 Å². The number of hydrogen-bond donors (Lipinski definition) is 2. The Balaban J connectivity index is 1.84. The van der Waals surface area contributed by atoms with Gasteiger partial charge in [0.1, 0.15) is 5.78 Å². The number of carbonyl (C=O) groups is 6. The highest BCUT2D eigenvalue weighted by Crippen LogP contribution is 2.32. The fourth-order valence-electron chi connectivity index (χ4n) is 9.58. The van der Waals surface area contributed by atoms with E-state index in [0.717, 1.165) is 24.3 Å². The average Bonchev–Trinajstić information content (AvgIpc) is 3.77. The SMILES string of the molecule is CCC(C)[C@@H]([C@@H](CC(=O)N1CCC[C@H]1[C@H](OC)[C@@H](C)C(=O)C[C@@H](Cc1ccccc1)C(=O)NS(=O)(=O)c1ccc(NC(=O)C(F)(F)F)cc1)OC)N(C)C(=O)[C@@H](CC(=O)[C@H](C(C)C)N(C)C)C(C)C. The Kier molecular flexibility index (Phi) is 22.0. The smallest absolute Gasteiger partial charge is 0.379 e. The molecule has 19 heteroatoms. The summed E-state index contributed by atoms with van der Waals surface area (Å²) in [5.74, 6) is -6.99. The number of alkyl halides is 3. The van der Waals surface area contributed by atoms with Crippen LogP contribution in [0.2, 0.25) is 0 Å². The summed E-state index contributed by atoms with van der Waals surface area (Å²) in [5.41, 5.74) is 0.317. The molecular formula is C50H74F3N5O10S. The second kappa shape index (κ2) is 25.9. The molecule has 0 bridgehead atoms. The minimum absolute atomic E-state index is 0.0106. The van der Waals surface area contributed by atoms with Gasteiger partial charge in [-0.1, -0.05) is 85.2 Å². The quantitative estimate of drug-likeness (QED) is 0.104. The molecule has 1 unspecified atom stereocenters. The number of amides is 4. The van der Waals surface area contributed by atoms with Crippen molar-refractivity contribution in [1.82, 2.24) is 19.4 Å². The maximum Gasteiger partial charge on any atom is 0.471 e. The highest BCUT2D eigenvalue weighted by molar-refractivity contribution is 7.90. The largest absolute Gasteiger partial charge is 0.471 e. The fourth-order valence-corrected chi connectivity index (χ4v) is 10.6. The van der Waals surface area contributed by atoms with Crippen LogP contribution < -0.4 is 10.0 Å². The van der Waals surface area contributed by atoms with E-state index in [0.29, 0.717) is 31.4 Å². The van der Waals surface area contributed by atoms with E-state index in [9.17, 15) is 50.4 Å². The third kappa shape index (κ3) is 15.9. The number of hydrogen-bond acceptors (Lipinski definition) is 11. The minimum Gasteiger partial charge on any atom is -0.379 e. The number of benzene rings is 2. The zero-order valence-corrected chi connectivity index (χ0v) is 43.0. The normalized spacial score (nSPS) is 17.9. The van der Waals surface area contributed by atoms with Crippen LogP contribution in [0.5, 0.6) is 0 Å². The molecule has 2 N–H and O–H groups in total. The lowest BCUT2D eigenvalue weighted by molar-refractivity contribution is -0.167. The first-order chi connectivity index (χ1) is 32.2. The number of nitrogens with one attached hydrogen (secondary N) is 2. The molecule has 9 atom stereocenters. The van der Waals surface area contributed by atoms with Crippen molar-refractivity contribution in [2.45, 2.75) is 135 Å². The molecule has 0 radical (unpaired) electrons. The monoisotopic (exact) mass is 994 g/mol. The Labute approximate surface area is 406 Å². The molecule has 1 aliphatic heterocycles. The van der Waals surface area contributed by atoms with Crippen molar-refractivity contribution in [2.75, 3.05) is 47.2 Å². The van der Waals surface area contributed by atoms with Crippen molar-refractivity contribution in [2.24, 2.45) is 35.5 Å². The molecule has 1 fully saturated rings. The van der Waals surface area contributed by atoms with Gasteiger partial charge in [0.15, 0.2) is 5.78 Å². The van der Waals surface area contributed by atoms with Crippen LogP contribution in [0.4, 0.5) is 18.9 Å². The van der Waals surface area contributed by atoms with Gasteiger partial charge in [0, 0.05) is 64.1 Å². The van der Waals surface area contributed by atoms with Crippen molar-refractivity contribution in [3.8, 4) is 0 Å². The standard InChI is InChI=1S/C50H74F3N5O10S/c1-13-32(6)45(57(10)48(63)38(30(2)3)28-41(60)44(31(4)5)56(8)9)42(67-11)29-43(61)58-25-17-20-39(58)46(68-12)33(7)40(59)27-35(26-34-18-15-14-16-19-34)47(62)55-69(65,66)37-23-21-36(22-24-37)54-49(64)50(51,52)53/h14-16,18-19,21-24,30-33,35,38-39,42,44-46H,13,17,20,25-29H2,1-12H3,(H,54,64)(H,55,62)/t32?,33-,35+,38-,39-,42+,44-,45-,46+/m0/s1. The third-order valence-corrected chi connectivity index (χ3v) is 14.8. The molecule has 4 amide bonds. The van der Waals surface area contributed by atoms with E-state index in [2.05, 4.69) is 0 Å². The van der Waals surface area contributed by atoms with Crippen LogP contribution in [0.3, 0.4) is 0 Å². The molecule has 1 aliphatic rings.